The Kier molecular flexibility index (Phi) is 3.57. The maximum Gasteiger partial charge on any atom is 0.381 e. The van der Waals surface area contributed by atoms with Crippen molar-refractivity contribution in [3.63, 3.8) is 0 Å². The smallest absolute Gasteiger partial charge is 0.381 e. The van der Waals surface area contributed by atoms with Gasteiger partial charge in [0.1, 0.15) is 5.75 Å². The SMILES string of the molecule is ClP1(Cl)=NP(Cl)(Cl)=NP2(=N1)Oc1ccccc1-c1ccnn12. The minimum absolute atomic E-state index is 0.611. The number of benzene rings is 1. The van der Waals surface area contributed by atoms with Crippen LogP contribution in [-0.4, -0.2) is 9.55 Å². The van der Waals surface area contributed by atoms with Crippen LogP contribution in [0.3, 0.4) is 0 Å². The summed E-state index contributed by atoms with van der Waals surface area (Å²) in [6.45, 7) is 0. The van der Waals surface area contributed by atoms with Gasteiger partial charge in [-0.3, -0.25) is 0 Å². The van der Waals surface area contributed by atoms with Crippen molar-refractivity contribution in [1.29, 1.82) is 0 Å². The van der Waals surface area contributed by atoms with Gasteiger partial charge >= 0.3 is 7.58 Å². The molecule has 6 nitrogen and oxygen atoms in total. The molecule has 1 atom stereocenters. The minimum Gasteiger partial charge on any atom is -0.425 e. The van der Waals surface area contributed by atoms with Crippen LogP contribution in [-0.2, 0) is 0 Å². The first-order valence-corrected chi connectivity index (χ1v) is 14.4. The molecule has 0 amide bonds. The lowest BCUT2D eigenvalue weighted by atomic mass is 10.1. The van der Waals surface area contributed by atoms with Gasteiger partial charge in [-0.15, -0.1) is 0 Å². The van der Waals surface area contributed by atoms with Crippen LogP contribution in [0.1, 0.15) is 0 Å². The van der Waals surface area contributed by atoms with E-state index in [0.29, 0.717) is 5.75 Å². The number of fused-ring (bicyclic) bond motifs is 4. The number of aromatic nitrogens is 2. The van der Waals surface area contributed by atoms with E-state index in [1.54, 1.807) is 10.6 Å². The lowest BCUT2D eigenvalue weighted by Gasteiger charge is -2.31. The predicted molar refractivity (Wildman–Crippen MR) is 95.1 cm³/mol. The van der Waals surface area contributed by atoms with Crippen molar-refractivity contribution in [3.8, 4) is 17.0 Å². The van der Waals surface area contributed by atoms with E-state index in [9.17, 15) is 0 Å². The average Bonchev–Trinajstić information content (AvgIpc) is 2.85. The normalized spacial score (nSPS) is 26.7. The van der Waals surface area contributed by atoms with Crippen molar-refractivity contribution in [2.24, 2.45) is 13.5 Å². The Labute approximate surface area is 145 Å². The quantitative estimate of drug-likeness (QED) is 0.400. The van der Waals surface area contributed by atoms with Gasteiger partial charge in [0.05, 0.1) is 11.9 Å². The van der Waals surface area contributed by atoms with Crippen LogP contribution in [0.25, 0.3) is 11.3 Å². The van der Waals surface area contributed by atoms with Crippen LogP contribution in [0, 0.1) is 0 Å². The summed E-state index contributed by atoms with van der Waals surface area (Å²) in [6.07, 6.45) is 1.63. The highest BCUT2D eigenvalue weighted by molar-refractivity contribution is 8.20. The fourth-order valence-electron chi connectivity index (χ4n) is 2.21. The van der Waals surface area contributed by atoms with Gasteiger partial charge in [0, 0.05) is 5.56 Å². The van der Waals surface area contributed by atoms with Crippen LogP contribution in [0.5, 0.6) is 5.75 Å². The second-order valence-electron chi connectivity index (χ2n) is 4.39. The van der Waals surface area contributed by atoms with Gasteiger partial charge < -0.3 is 4.52 Å². The molecular formula is C9H6Cl4N5OP3. The van der Waals surface area contributed by atoms with Crippen LogP contribution < -0.4 is 4.52 Å². The summed E-state index contributed by atoms with van der Waals surface area (Å²) < 4.78 is 20.3. The van der Waals surface area contributed by atoms with Gasteiger partial charge in [-0.2, -0.15) is 23.1 Å². The molecule has 0 bridgehead atoms. The van der Waals surface area contributed by atoms with Gasteiger partial charge in [-0.25, -0.2) is 0 Å². The molecule has 0 saturated heterocycles. The van der Waals surface area contributed by atoms with E-state index in [0.717, 1.165) is 11.3 Å². The van der Waals surface area contributed by atoms with Gasteiger partial charge in [0.2, 0.25) is 0 Å². The Balaban J connectivity index is 2.11. The summed E-state index contributed by atoms with van der Waals surface area (Å²) in [5, 5.41) is 4.28. The third kappa shape index (κ3) is 2.50. The van der Waals surface area contributed by atoms with Gasteiger partial charge in [-0.1, -0.05) is 12.1 Å². The maximum absolute atomic E-state index is 6.19. The first-order valence-electron chi connectivity index (χ1n) is 5.84. The number of hydrogen-bond acceptors (Lipinski definition) is 5. The van der Waals surface area contributed by atoms with Gasteiger partial charge in [-0.05, 0) is 63.2 Å². The Morgan fingerprint density at radius 1 is 0.909 bits per heavy atom. The number of hydrogen-bond donors (Lipinski definition) is 0. The summed E-state index contributed by atoms with van der Waals surface area (Å²) in [7, 11) is -3.07. The predicted octanol–water partition coefficient (Wildman–Crippen LogP) is 7.60. The molecule has 3 heterocycles. The molecule has 2 aromatic rings. The van der Waals surface area contributed by atoms with Crippen molar-refractivity contribution < 1.29 is 4.52 Å². The average molecular weight is 435 g/mol. The van der Waals surface area contributed by atoms with Gasteiger partial charge in [0.25, 0.3) is 11.8 Å². The van der Waals surface area contributed by atoms with E-state index in [2.05, 4.69) is 18.6 Å². The standard InChI is InChI=1S/C9H6Cl4N5OP3/c10-20(11)15-21(12,13)17-22(16-20)18-8(5-6-14-18)7-3-1-2-4-9(7)19-22/h1-6H. The monoisotopic (exact) mass is 433 g/mol. The molecule has 4 rings (SSSR count). The third-order valence-electron chi connectivity index (χ3n) is 2.92. The van der Waals surface area contributed by atoms with Crippen molar-refractivity contribution in [2.45, 2.75) is 0 Å². The van der Waals surface area contributed by atoms with E-state index in [-0.39, 0.29) is 0 Å². The molecule has 116 valence electrons. The van der Waals surface area contributed by atoms with Crippen molar-refractivity contribution in [1.82, 2.24) is 9.55 Å². The molecule has 2 aliphatic rings. The van der Waals surface area contributed by atoms with E-state index in [1.807, 2.05) is 30.3 Å². The number of para-hydroxylation sites is 1. The van der Waals surface area contributed by atoms with Crippen LogP contribution in [0.4, 0.5) is 0 Å². The molecule has 0 radical (unpaired) electrons. The van der Waals surface area contributed by atoms with Crippen molar-refractivity contribution in [2.75, 3.05) is 0 Å². The van der Waals surface area contributed by atoms with Crippen molar-refractivity contribution >= 4 is 64.4 Å². The minimum atomic E-state index is -3.09. The molecule has 1 spiro atoms. The van der Waals surface area contributed by atoms with Gasteiger partial charge in [0.15, 0.2) is 0 Å². The summed E-state index contributed by atoms with van der Waals surface area (Å²) >= 11 is 24.8. The summed E-state index contributed by atoms with van der Waals surface area (Å²) in [5.74, 6) is -5.56. The van der Waals surface area contributed by atoms with E-state index in [1.165, 1.54) is 0 Å². The lowest BCUT2D eigenvalue weighted by molar-refractivity contribution is 0.578. The molecular weight excluding hydrogens is 429 g/mol. The Hall–Kier alpha value is 0.0800. The fourth-order valence-corrected chi connectivity index (χ4v) is 16.9. The zero-order valence-corrected chi connectivity index (χ0v) is 16.2. The summed E-state index contributed by atoms with van der Waals surface area (Å²) in [6, 6.07) is 9.32. The molecule has 1 aromatic carbocycles. The highest BCUT2D eigenvalue weighted by atomic mass is 35.9. The first-order chi connectivity index (χ1) is 10.3. The largest absolute Gasteiger partial charge is 0.425 e. The highest BCUT2D eigenvalue weighted by Gasteiger charge is 2.42. The second-order valence-corrected chi connectivity index (χ2v) is 16.6. The maximum atomic E-state index is 6.19. The van der Waals surface area contributed by atoms with Crippen LogP contribution >= 0.6 is 64.4 Å². The molecule has 0 saturated carbocycles. The van der Waals surface area contributed by atoms with Crippen LogP contribution in [0.2, 0.25) is 0 Å². The fraction of sp³-hybridized carbons (Fsp3) is 0. The topological polar surface area (TPSA) is 64.1 Å². The molecule has 1 unspecified atom stereocenters. The molecule has 0 aliphatic carbocycles. The molecule has 1 aromatic heterocycles. The van der Waals surface area contributed by atoms with E-state index >= 15 is 0 Å². The molecule has 2 aliphatic heterocycles. The molecule has 0 fully saturated rings. The number of rotatable bonds is 0. The lowest BCUT2D eigenvalue weighted by Crippen LogP contribution is -2.11. The number of halogens is 4. The Morgan fingerprint density at radius 3 is 2.41 bits per heavy atom. The van der Waals surface area contributed by atoms with E-state index in [4.69, 9.17) is 49.5 Å². The zero-order valence-electron chi connectivity index (χ0n) is 10.5. The van der Waals surface area contributed by atoms with Crippen LogP contribution in [0.15, 0.2) is 50.1 Å². The summed E-state index contributed by atoms with van der Waals surface area (Å²) in [4.78, 5) is 0. The number of nitrogens with zero attached hydrogens (tertiary/aromatic N) is 5. The van der Waals surface area contributed by atoms with Crippen molar-refractivity contribution in [3.05, 3.63) is 36.5 Å². The summed E-state index contributed by atoms with van der Waals surface area (Å²) in [5.41, 5.74) is 1.67. The zero-order chi connectivity index (χ0) is 15.6. The second kappa shape index (κ2) is 5.04. The highest BCUT2D eigenvalue weighted by Crippen LogP contribution is 2.86. The molecule has 0 N–H and O–H groups in total. The molecule has 13 heteroatoms. The van der Waals surface area contributed by atoms with E-state index < -0.39 is 19.4 Å². The first kappa shape index (κ1) is 15.6. The third-order valence-corrected chi connectivity index (χ3v) is 14.3. The Morgan fingerprint density at radius 2 is 1.64 bits per heavy atom. The Bertz CT molecular complexity index is 950. The molecule has 22 heavy (non-hydrogen) atoms.